The number of thiocarbonyl (C=S) groups is 1. The van der Waals surface area contributed by atoms with Crippen LogP contribution in [0.1, 0.15) is 35.3 Å². The largest absolute Gasteiger partial charge is 0.372 e. The second-order valence-electron chi connectivity index (χ2n) is 8.20. The van der Waals surface area contributed by atoms with E-state index in [9.17, 15) is 4.79 Å². The topological polar surface area (TPSA) is 75.1 Å². The van der Waals surface area contributed by atoms with E-state index in [0.29, 0.717) is 10.6 Å². The highest BCUT2D eigenvalue weighted by Crippen LogP contribution is 2.25. The summed E-state index contributed by atoms with van der Waals surface area (Å²) in [6.07, 6.45) is 0. The zero-order valence-electron chi connectivity index (χ0n) is 20.1. The molecule has 0 bridgehead atoms. The fourth-order valence-corrected chi connectivity index (χ4v) is 4.22. The van der Waals surface area contributed by atoms with Gasteiger partial charge in [0.15, 0.2) is 5.11 Å². The average molecular weight is 507 g/mol. The van der Waals surface area contributed by atoms with Gasteiger partial charge in [-0.3, -0.25) is 10.1 Å². The lowest BCUT2D eigenvalue weighted by Gasteiger charge is -2.22. The maximum absolute atomic E-state index is 12.4. The first-order valence-electron chi connectivity index (χ1n) is 11.4. The Morgan fingerprint density at radius 1 is 0.971 bits per heavy atom. The number of rotatable bonds is 6. The Morgan fingerprint density at radius 3 is 2.26 bits per heavy atom. The molecule has 1 amide bonds. The van der Waals surface area contributed by atoms with E-state index in [1.54, 1.807) is 29.1 Å². The van der Waals surface area contributed by atoms with E-state index in [1.807, 2.05) is 19.1 Å². The summed E-state index contributed by atoms with van der Waals surface area (Å²) in [5, 5.41) is 15.9. The van der Waals surface area contributed by atoms with Gasteiger partial charge >= 0.3 is 0 Å². The summed E-state index contributed by atoms with van der Waals surface area (Å²) >= 11 is 11.2. The van der Waals surface area contributed by atoms with Crippen molar-refractivity contribution >= 4 is 57.2 Å². The molecule has 3 aromatic carbocycles. The fourth-order valence-electron chi connectivity index (χ4n) is 3.89. The van der Waals surface area contributed by atoms with Gasteiger partial charge in [-0.05, 0) is 106 Å². The standard InChI is InChI=1S/C26H27ClN6OS/c1-5-32(6-2)20-11-12-24(17(4)13-20)33-30-22-14-16(3)21(15-23(22)31-33)28-26(35)29-25(34)18-7-9-19(27)10-8-18/h7-15H,5-6H2,1-4H3,(H2,28,29,34,35). The van der Waals surface area contributed by atoms with E-state index >= 15 is 0 Å². The summed E-state index contributed by atoms with van der Waals surface area (Å²) in [7, 11) is 0. The fraction of sp³-hybridized carbons (Fsp3) is 0.231. The van der Waals surface area contributed by atoms with Crippen LogP contribution in [0.2, 0.25) is 5.02 Å². The third-order valence-electron chi connectivity index (χ3n) is 5.83. The minimum atomic E-state index is -0.313. The van der Waals surface area contributed by atoms with Crippen molar-refractivity contribution in [3.05, 3.63) is 76.3 Å². The molecule has 35 heavy (non-hydrogen) atoms. The number of hydrogen-bond acceptors (Lipinski definition) is 5. The highest BCUT2D eigenvalue weighted by molar-refractivity contribution is 7.80. The predicted molar refractivity (Wildman–Crippen MR) is 147 cm³/mol. The summed E-state index contributed by atoms with van der Waals surface area (Å²) in [4.78, 5) is 16.4. The predicted octanol–water partition coefficient (Wildman–Crippen LogP) is 5.66. The van der Waals surface area contributed by atoms with Crippen LogP contribution >= 0.6 is 23.8 Å². The van der Waals surface area contributed by atoms with E-state index in [2.05, 4.69) is 59.6 Å². The third kappa shape index (κ3) is 5.44. The second kappa shape index (κ2) is 10.4. The van der Waals surface area contributed by atoms with E-state index in [0.717, 1.165) is 46.6 Å². The lowest BCUT2D eigenvalue weighted by molar-refractivity contribution is 0.0977. The number of nitrogens with one attached hydrogen (secondary N) is 2. The van der Waals surface area contributed by atoms with Crippen LogP contribution in [-0.4, -0.2) is 39.1 Å². The Bertz CT molecular complexity index is 1400. The molecule has 0 aliphatic rings. The van der Waals surface area contributed by atoms with Crippen LogP contribution in [0.25, 0.3) is 16.7 Å². The van der Waals surface area contributed by atoms with Crippen LogP contribution in [0.15, 0.2) is 54.6 Å². The monoisotopic (exact) mass is 506 g/mol. The number of anilines is 2. The minimum Gasteiger partial charge on any atom is -0.372 e. The maximum atomic E-state index is 12.4. The van der Waals surface area contributed by atoms with Gasteiger partial charge in [-0.2, -0.15) is 4.80 Å². The number of amides is 1. The summed E-state index contributed by atoms with van der Waals surface area (Å²) in [5.74, 6) is -0.313. The summed E-state index contributed by atoms with van der Waals surface area (Å²) in [6, 6.07) is 16.8. The quantitative estimate of drug-likeness (QED) is 0.328. The number of halogens is 1. The molecule has 0 saturated carbocycles. The number of fused-ring (bicyclic) bond motifs is 1. The van der Waals surface area contributed by atoms with Gasteiger partial charge in [-0.25, -0.2) is 0 Å². The molecule has 4 rings (SSSR count). The Hall–Kier alpha value is -3.49. The first-order chi connectivity index (χ1) is 16.8. The smallest absolute Gasteiger partial charge is 0.257 e. The van der Waals surface area contributed by atoms with Gasteiger partial charge in [0.2, 0.25) is 0 Å². The molecule has 0 saturated heterocycles. The normalized spacial score (nSPS) is 10.9. The van der Waals surface area contributed by atoms with Crippen molar-refractivity contribution in [2.75, 3.05) is 23.3 Å². The number of hydrogen-bond donors (Lipinski definition) is 2. The van der Waals surface area contributed by atoms with Crippen LogP contribution in [0, 0.1) is 13.8 Å². The van der Waals surface area contributed by atoms with Gasteiger partial charge in [0.25, 0.3) is 5.91 Å². The number of carbonyl (C=O) groups is 1. The molecule has 0 fully saturated rings. The Labute approximate surface area is 215 Å². The van der Waals surface area contributed by atoms with E-state index in [1.165, 1.54) is 5.69 Å². The second-order valence-corrected chi connectivity index (χ2v) is 9.05. The molecule has 0 radical (unpaired) electrons. The molecule has 0 atom stereocenters. The van der Waals surface area contributed by atoms with Crippen LogP contribution in [-0.2, 0) is 0 Å². The van der Waals surface area contributed by atoms with Crippen LogP contribution < -0.4 is 15.5 Å². The van der Waals surface area contributed by atoms with Crippen LogP contribution in [0.5, 0.6) is 0 Å². The zero-order valence-corrected chi connectivity index (χ0v) is 21.7. The van der Waals surface area contributed by atoms with Crippen molar-refractivity contribution in [3.63, 3.8) is 0 Å². The van der Waals surface area contributed by atoms with Crippen molar-refractivity contribution in [1.82, 2.24) is 20.3 Å². The average Bonchev–Trinajstić information content (AvgIpc) is 3.22. The Kier molecular flexibility index (Phi) is 7.33. The van der Waals surface area contributed by atoms with Gasteiger partial charge in [-0.15, -0.1) is 10.2 Å². The van der Waals surface area contributed by atoms with Crippen LogP contribution in [0.4, 0.5) is 11.4 Å². The maximum Gasteiger partial charge on any atom is 0.257 e. The van der Waals surface area contributed by atoms with Crippen molar-refractivity contribution in [3.8, 4) is 5.69 Å². The van der Waals surface area contributed by atoms with Crippen molar-refractivity contribution < 1.29 is 4.79 Å². The summed E-state index contributed by atoms with van der Waals surface area (Å²) in [6.45, 7) is 10.2. The molecule has 0 spiro atoms. The Balaban J connectivity index is 1.54. The molecule has 0 aliphatic heterocycles. The molecule has 4 aromatic rings. The lowest BCUT2D eigenvalue weighted by Crippen LogP contribution is -2.34. The van der Waals surface area contributed by atoms with Gasteiger partial charge in [-0.1, -0.05) is 11.6 Å². The number of benzene rings is 3. The molecule has 1 aromatic heterocycles. The zero-order chi connectivity index (χ0) is 25.1. The van der Waals surface area contributed by atoms with Gasteiger partial charge in [0, 0.05) is 35.1 Å². The number of aromatic nitrogens is 3. The van der Waals surface area contributed by atoms with E-state index in [4.69, 9.17) is 28.9 Å². The lowest BCUT2D eigenvalue weighted by atomic mass is 10.1. The minimum absolute atomic E-state index is 0.197. The molecule has 1 heterocycles. The number of nitrogens with zero attached hydrogens (tertiary/aromatic N) is 4. The molecule has 7 nitrogen and oxygen atoms in total. The van der Waals surface area contributed by atoms with E-state index in [-0.39, 0.29) is 11.0 Å². The molecular formula is C26H27ClN6OS. The summed E-state index contributed by atoms with van der Waals surface area (Å²) in [5.41, 5.74) is 6.85. The molecule has 9 heteroatoms. The van der Waals surface area contributed by atoms with E-state index < -0.39 is 0 Å². The first kappa shape index (κ1) is 24.6. The molecule has 0 unspecified atom stereocenters. The molecule has 2 N–H and O–H groups in total. The van der Waals surface area contributed by atoms with Gasteiger partial charge in [0.05, 0.1) is 5.69 Å². The summed E-state index contributed by atoms with van der Waals surface area (Å²) < 4.78 is 0. The first-order valence-corrected chi connectivity index (χ1v) is 12.2. The van der Waals surface area contributed by atoms with Gasteiger partial charge < -0.3 is 10.2 Å². The molecule has 180 valence electrons. The van der Waals surface area contributed by atoms with Crippen molar-refractivity contribution in [2.24, 2.45) is 0 Å². The number of aryl methyl sites for hydroxylation is 2. The van der Waals surface area contributed by atoms with Gasteiger partial charge in [0.1, 0.15) is 11.0 Å². The van der Waals surface area contributed by atoms with Crippen molar-refractivity contribution in [2.45, 2.75) is 27.7 Å². The number of carbonyl (C=O) groups excluding carboxylic acids is 1. The van der Waals surface area contributed by atoms with Crippen LogP contribution in [0.3, 0.4) is 0 Å². The highest BCUT2D eigenvalue weighted by Gasteiger charge is 2.13. The SMILES string of the molecule is CCN(CC)c1ccc(-n2nc3cc(C)c(NC(=S)NC(=O)c4ccc(Cl)cc4)cc3n2)c(C)c1. The highest BCUT2D eigenvalue weighted by atomic mass is 35.5. The Morgan fingerprint density at radius 2 is 1.63 bits per heavy atom. The van der Waals surface area contributed by atoms with Crippen molar-refractivity contribution in [1.29, 1.82) is 0 Å². The third-order valence-corrected chi connectivity index (χ3v) is 6.29. The molecule has 0 aliphatic carbocycles. The molecular weight excluding hydrogens is 480 g/mol.